The minimum atomic E-state index is -0.577. The van der Waals surface area contributed by atoms with Crippen molar-refractivity contribution >= 4 is 29.6 Å². The summed E-state index contributed by atoms with van der Waals surface area (Å²) in [6.07, 6.45) is 4.62. The summed E-state index contributed by atoms with van der Waals surface area (Å²) in [5, 5.41) is 3.50. The van der Waals surface area contributed by atoms with Gasteiger partial charge in [-0.15, -0.1) is 0 Å². The Labute approximate surface area is 158 Å². The van der Waals surface area contributed by atoms with Crippen LogP contribution in [0.1, 0.15) is 36.9 Å². The Hall–Kier alpha value is -2.59. The third-order valence-corrected chi connectivity index (χ3v) is 3.96. The van der Waals surface area contributed by atoms with E-state index in [-0.39, 0.29) is 18.6 Å². The predicted octanol–water partition coefficient (Wildman–Crippen LogP) is 4.55. The molecule has 2 rings (SSSR count). The molecule has 0 radical (unpaired) electrons. The second-order valence-electron chi connectivity index (χ2n) is 5.82. The van der Waals surface area contributed by atoms with Crippen LogP contribution >= 0.6 is 11.6 Å². The molecule has 1 N–H and O–H groups in total. The molecule has 0 heterocycles. The Morgan fingerprint density at radius 3 is 2.62 bits per heavy atom. The summed E-state index contributed by atoms with van der Waals surface area (Å²) < 4.78 is 5.00. The maximum atomic E-state index is 12.1. The lowest BCUT2D eigenvalue weighted by Crippen LogP contribution is -2.32. The topological polar surface area (TPSA) is 55.4 Å². The fraction of sp³-hybridized carbons (Fsp3) is 0.238. The van der Waals surface area contributed by atoms with Gasteiger partial charge in [-0.3, -0.25) is 4.79 Å². The summed E-state index contributed by atoms with van der Waals surface area (Å²) in [5.41, 5.74) is 1.82. The van der Waals surface area contributed by atoms with Crippen molar-refractivity contribution in [3.63, 3.8) is 0 Å². The van der Waals surface area contributed by atoms with E-state index >= 15 is 0 Å². The van der Waals surface area contributed by atoms with Crippen LogP contribution in [0.15, 0.2) is 60.7 Å². The minimum Gasteiger partial charge on any atom is -0.452 e. The first-order chi connectivity index (χ1) is 12.6. The van der Waals surface area contributed by atoms with Crippen LogP contribution < -0.4 is 5.32 Å². The number of hydrogen-bond acceptors (Lipinski definition) is 3. The molecular weight excluding hydrogens is 350 g/mol. The second kappa shape index (κ2) is 10.4. The summed E-state index contributed by atoms with van der Waals surface area (Å²) in [4.78, 5) is 23.9. The van der Waals surface area contributed by atoms with E-state index in [4.69, 9.17) is 16.3 Å². The van der Waals surface area contributed by atoms with Crippen LogP contribution in [-0.4, -0.2) is 18.5 Å². The summed E-state index contributed by atoms with van der Waals surface area (Å²) in [7, 11) is 0. The van der Waals surface area contributed by atoms with Gasteiger partial charge in [-0.25, -0.2) is 4.79 Å². The number of hydrogen-bond donors (Lipinski definition) is 1. The Balaban J connectivity index is 1.84. The molecule has 1 amide bonds. The van der Waals surface area contributed by atoms with Gasteiger partial charge in [0.25, 0.3) is 5.91 Å². The Kier molecular flexibility index (Phi) is 7.90. The van der Waals surface area contributed by atoms with Crippen molar-refractivity contribution in [3.05, 3.63) is 76.8 Å². The SMILES string of the molecule is CCC[C@@H](NC(=O)COC(=O)/C=C/c1cccc(Cl)c1)c1ccccc1. The highest BCUT2D eigenvalue weighted by Gasteiger charge is 2.14. The molecule has 0 bridgehead atoms. The highest BCUT2D eigenvalue weighted by atomic mass is 35.5. The van der Waals surface area contributed by atoms with Crippen molar-refractivity contribution < 1.29 is 14.3 Å². The van der Waals surface area contributed by atoms with E-state index in [1.165, 1.54) is 6.08 Å². The molecule has 0 spiro atoms. The molecule has 5 heteroatoms. The number of carbonyl (C=O) groups is 2. The number of amides is 1. The van der Waals surface area contributed by atoms with Gasteiger partial charge in [0, 0.05) is 11.1 Å². The van der Waals surface area contributed by atoms with Crippen LogP contribution in [0.2, 0.25) is 5.02 Å². The third kappa shape index (κ3) is 6.73. The predicted molar refractivity (Wildman–Crippen MR) is 104 cm³/mol. The standard InChI is InChI=1S/C21H22ClNO3/c1-2-7-19(17-9-4-3-5-10-17)23-20(24)15-26-21(25)13-12-16-8-6-11-18(22)14-16/h3-6,8-14,19H,2,7,15H2,1H3,(H,23,24)/b13-12+/t19-/m1/s1. The van der Waals surface area contributed by atoms with Crippen LogP contribution in [0.4, 0.5) is 0 Å². The molecule has 136 valence electrons. The smallest absolute Gasteiger partial charge is 0.331 e. The van der Waals surface area contributed by atoms with E-state index in [0.29, 0.717) is 5.02 Å². The lowest BCUT2D eigenvalue weighted by Gasteiger charge is -2.18. The molecule has 0 fully saturated rings. The van der Waals surface area contributed by atoms with E-state index in [2.05, 4.69) is 12.2 Å². The number of nitrogens with one attached hydrogen (secondary N) is 1. The van der Waals surface area contributed by atoms with E-state index in [1.54, 1.807) is 24.3 Å². The highest BCUT2D eigenvalue weighted by Crippen LogP contribution is 2.18. The zero-order valence-corrected chi connectivity index (χ0v) is 15.4. The second-order valence-corrected chi connectivity index (χ2v) is 6.25. The molecule has 0 aromatic heterocycles. The number of halogens is 1. The van der Waals surface area contributed by atoms with Crippen LogP contribution in [0.3, 0.4) is 0 Å². The molecule has 2 aromatic carbocycles. The number of esters is 1. The molecule has 1 atom stereocenters. The maximum Gasteiger partial charge on any atom is 0.331 e. The first-order valence-corrected chi connectivity index (χ1v) is 8.91. The van der Waals surface area contributed by atoms with Gasteiger partial charge in [-0.1, -0.05) is 67.4 Å². The number of carbonyl (C=O) groups excluding carboxylic acids is 2. The van der Waals surface area contributed by atoms with E-state index in [1.807, 2.05) is 36.4 Å². The minimum absolute atomic E-state index is 0.0885. The van der Waals surface area contributed by atoms with Gasteiger partial charge in [0.15, 0.2) is 6.61 Å². The Bertz CT molecular complexity index is 759. The lowest BCUT2D eigenvalue weighted by molar-refractivity contribution is -0.144. The number of benzene rings is 2. The molecule has 0 unspecified atom stereocenters. The van der Waals surface area contributed by atoms with Gasteiger partial charge in [0.2, 0.25) is 0 Å². The highest BCUT2D eigenvalue weighted by molar-refractivity contribution is 6.30. The van der Waals surface area contributed by atoms with Gasteiger partial charge in [0.05, 0.1) is 6.04 Å². The quantitative estimate of drug-likeness (QED) is 0.547. The molecular formula is C21H22ClNO3. The summed E-state index contributed by atoms with van der Waals surface area (Å²) >= 11 is 5.88. The zero-order valence-electron chi connectivity index (χ0n) is 14.7. The van der Waals surface area contributed by atoms with Gasteiger partial charge in [-0.2, -0.15) is 0 Å². The molecule has 0 saturated carbocycles. The molecule has 0 saturated heterocycles. The van der Waals surface area contributed by atoms with Crippen LogP contribution in [0.5, 0.6) is 0 Å². The largest absolute Gasteiger partial charge is 0.452 e. The molecule has 0 aliphatic rings. The molecule has 26 heavy (non-hydrogen) atoms. The Morgan fingerprint density at radius 1 is 1.15 bits per heavy atom. The average Bonchev–Trinajstić information content (AvgIpc) is 2.65. The van der Waals surface area contributed by atoms with Crippen molar-refractivity contribution in [2.45, 2.75) is 25.8 Å². The average molecular weight is 372 g/mol. The van der Waals surface area contributed by atoms with E-state index in [0.717, 1.165) is 24.0 Å². The summed E-state index contributed by atoms with van der Waals surface area (Å²) in [5.74, 6) is -0.899. The Morgan fingerprint density at radius 2 is 1.92 bits per heavy atom. The van der Waals surface area contributed by atoms with Crippen molar-refractivity contribution in [2.75, 3.05) is 6.61 Å². The van der Waals surface area contributed by atoms with Crippen LogP contribution in [-0.2, 0) is 14.3 Å². The van der Waals surface area contributed by atoms with E-state index in [9.17, 15) is 9.59 Å². The summed E-state index contributed by atoms with van der Waals surface area (Å²) in [6.45, 7) is 1.74. The number of rotatable bonds is 8. The van der Waals surface area contributed by atoms with E-state index < -0.39 is 5.97 Å². The maximum absolute atomic E-state index is 12.1. The van der Waals surface area contributed by atoms with Crippen LogP contribution in [0.25, 0.3) is 6.08 Å². The summed E-state index contributed by atoms with van der Waals surface area (Å²) in [6, 6.07) is 16.7. The normalized spacial score (nSPS) is 11.9. The third-order valence-electron chi connectivity index (χ3n) is 3.72. The van der Waals surface area contributed by atoms with Crippen molar-refractivity contribution in [1.82, 2.24) is 5.32 Å². The van der Waals surface area contributed by atoms with Crippen molar-refractivity contribution in [2.24, 2.45) is 0 Å². The first-order valence-electron chi connectivity index (χ1n) is 8.53. The van der Waals surface area contributed by atoms with Crippen molar-refractivity contribution in [3.8, 4) is 0 Å². The monoisotopic (exact) mass is 371 g/mol. The van der Waals surface area contributed by atoms with Crippen molar-refractivity contribution in [1.29, 1.82) is 0 Å². The van der Waals surface area contributed by atoms with Gasteiger partial charge in [0.1, 0.15) is 0 Å². The fourth-order valence-corrected chi connectivity index (χ4v) is 2.69. The molecule has 0 aliphatic heterocycles. The lowest BCUT2D eigenvalue weighted by atomic mass is 10.0. The van der Waals surface area contributed by atoms with Crippen LogP contribution in [0, 0.1) is 0 Å². The zero-order chi connectivity index (χ0) is 18.8. The molecule has 2 aromatic rings. The molecule has 4 nitrogen and oxygen atoms in total. The fourth-order valence-electron chi connectivity index (χ4n) is 2.49. The van der Waals surface area contributed by atoms with Gasteiger partial charge >= 0.3 is 5.97 Å². The number of ether oxygens (including phenoxy) is 1. The molecule has 0 aliphatic carbocycles. The van der Waals surface area contributed by atoms with Gasteiger partial charge < -0.3 is 10.1 Å². The first kappa shape index (κ1) is 19.7. The van der Waals surface area contributed by atoms with Gasteiger partial charge in [-0.05, 0) is 35.8 Å².